The molecule has 2 atom stereocenters. The maximum absolute atomic E-state index is 9.38. The van der Waals surface area contributed by atoms with Crippen LogP contribution in [0.5, 0.6) is 0 Å². The van der Waals surface area contributed by atoms with Gasteiger partial charge < -0.3 is 10.0 Å². The molecule has 4 heteroatoms. The van der Waals surface area contributed by atoms with Crippen LogP contribution >= 0.6 is 12.2 Å². The number of thiocarbonyl (C=S) groups is 1. The third kappa shape index (κ3) is 1.94. The highest BCUT2D eigenvalue weighted by Gasteiger charge is 2.31. The zero-order valence-electron chi connectivity index (χ0n) is 7.82. The molecule has 1 saturated heterocycles. The van der Waals surface area contributed by atoms with E-state index in [0.29, 0.717) is 0 Å². The van der Waals surface area contributed by atoms with Gasteiger partial charge in [0.2, 0.25) is 0 Å². The first-order valence-electron chi connectivity index (χ1n) is 4.12. The highest BCUT2D eigenvalue weighted by atomic mass is 32.1. The van der Waals surface area contributed by atoms with E-state index in [2.05, 4.69) is 4.90 Å². The van der Waals surface area contributed by atoms with Crippen LogP contribution in [0.2, 0.25) is 0 Å². The Labute approximate surface area is 79.0 Å². The van der Waals surface area contributed by atoms with E-state index < -0.39 is 0 Å². The molecule has 0 aliphatic carbocycles. The van der Waals surface area contributed by atoms with Crippen LogP contribution in [0.3, 0.4) is 0 Å². The van der Waals surface area contributed by atoms with Gasteiger partial charge in [0.25, 0.3) is 0 Å². The van der Waals surface area contributed by atoms with Crippen molar-refractivity contribution in [3.63, 3.8) is 0 Å². The van der Waals surface area contributed by atoms with Gasteiger partial charge >= 0.3 is 0 Å². The quantitative estimate of drug-likeness (QED) is 0.583. The van der Waals surface area contributed by atoms with Crippen LogP contribution in [0, 0.1) is 0 Å². The van der Waals surface area contributed by atoms with Gasteiger partial charge in [-0.3, -0.25) is 4.90 Å². The normalized spacial score (nSPS) is 30.7. The monoisotopic (exact) mass is 188 g/mol. The molecule has 0 saturated carbocycles. The van der Waals surface area contributed by atoms with Crippen molar-refractivity contribution in [2.24, 2.45) is 0 Å². The fraction of sp³-hybridized carbons (Fsp3) is 0.875. The Morgan fingerprint density at radius 1 is 1.58 bits per heavy atom. The topological polar surface area (TPSA) is 26.7 Å². The second-order valence-corrected chi connectivity index (χ2v) is 4.00. The second kappa shape index (κ2) is 3.68. The summed E-state index contributed by atoms with van der Waals surface area (Å²) in [5, 5.41) is 9.38. The van der Waals surface area contributed by atoms with Crippen molar-refractivity contribution in [1.82, 2.24) is 9.80 Å². The first-order chi connectivity index (χ1) is 5.52. The Morgan fingerprint density at radius 2 is 2.17 bits per heavy atom. The molecule has 0 bridgehead atoms. The smallest absolute Gasteiger partial charge is 0.0949 e. The molecular weight excluding hydrogens is 172 g/mol. The Hall–Kier alpha value is -0.190. The number of hydrogen-bond donors (Lipinski definition) is 1. The summed E-state index contributed by atoms with van der Waals surface area (Å²) in [4.78, 5) is 4.95. The molecule has 0 aromatic heterocycles. The molecule has 0 unspecified atom stereocenters. The number of likely N-dealkylation sites (N-methyl/N-ethyl adjacent to an activating group) is 2. The lowest BCUT2D eigenvalue weighted by atomic mass is 10.2. The van der Waals surface area contributed by atoms with Crippen LogP contribution < -0.4 is 0 Å². The van der Waals surface area contributed by atoms with Gasteiger partial charge in [-0.05, 0) is 13.5 Å². The van der Waals surface area contributed by atoms with Gasteiger partial charge in [-0.1, -0.05) is 12.2 Å². The van der Waals surface area contributed by atoms with E-state index >= 15 is 0 Å². The van der Waals surface area contributed by atoms with Crippen molar-refractivity contribution >= 4 is 17.2 Å². The molecule has 1 fully saturated rings. The van der Waals surface area contributed by atoms with E-state index in [1.807, 2.05) is 26.0 Å². The van der Waals surface area contributed by atoms with Crippen molar-refractivity contribution in [2.45, 2.75) is 18.6 Å². The standard InChI is InChI=1S/C8H16N2OS/c1-9(2)8(12)7-4-6(11)5-10(7)3/h6-7,11H,4-5H2,1-3H3/t6-,7+/m1/s1. The number of likely N-dealkylation sites (tertiary alicyclic amines) is 1. The molecule has 0 spiro atoms. The Morgan fingerprint density at radius 3 is 2.50 bits per heavy atom. The fourth-order valence-corrected chi connectivity index (χ4v) is 1.84. The SMILES string of the molecule is CN(C)C(=S)[C@@H]1C[C@@H](O)CN1C. The predicted octanol–water partition coefficient (Wildman–Crippen LogP) is -0.0596. The van der Waals surface area contributed by atoms with E-state index in [4.69, 9.17) is 12.2 Å². The summed E-state index contributed by atoms with van der Waals surface area (Å²) in [6.45, 7) is 0.735. The molecule has 1 aliphatic rings. The van der Waals surface area contributed by atoms with Crippen molar-refractivity contribution in [3.8, 4) is 0 Å². The van der Waals surface area contributed by atoms with Gasteiger partial charge in [0, 0.05) is 20.6 Å². The molecule has 70 valence electrons. The molecule has 1 rings (SSSR count). The first-order valence-corrected chi connectivity index (χ1v) is 4.52. The van der Waals surface area contributed by atoms with E-state index in [-0.39, 0.29) is 12.1 Å². The average Bonchev–Trinajstić information content (AvgIpc) is 2.28. The summed E-state index contributed by atoms with van der Waals surface area (Å²) in [6, 6.07) is 0.241. The number of hydrogen-bond acceptors (Lipinski definition) is 3. The third-order valence-electron chi connectivity index (χ3n) is 2.25. The van der Waals surface area contributed by atoms with Gasteiger partial charge in [0.15, 0.2) is 0 Å². The maximum atomic E-state index is 9.38. The van der Waals surface area contributed by atoms with Crippen LogP contribution in [-0.4, -0.2) is 59.7 Å². The average molecular weight is 188 g/mol. The van der Waals surface area contributed by atoms with Crippen molar-refractivity contribution < 1.29 is 5.11 Å². The highest BCUT2D eigenvalue weighted by Crippen LogP contribution is 2.17. The van der Waals surface area contributed by atoms with Gasteiger partial charge in [-0.25, -0.2) is 0 Å². The second-order valence-electron chi connectivity index (χ2n) is 3.58. The van der Waals surface area contributed by atoms with Crippen LogP contribution in [0.1, 0.15) is 6.42 Å². The van der Waals surface area contributed by atoms with E-state index in [9.17, 15) is 5.11 Å². The largest absolute Gasteiger partial charge is 0.392 e. The summed E-state index contributed by atoms with van der Waals surface area (Å²) in [6.07, 6.45) is 0.561. The lowest BCUT2D eigenvalue weighted by Crippen LogP contribution is -2.39. The van der Waals surface area contributed by atoms with E-state index in [1.165, 1.54) is 0 Å². The van der Waals surface area contributed by atoms with Crippen LogP contribution in [-0.2, 0) is 0 Å². The number of aliphatic hydroxyl groups excluding tert-OH is 1. The first kappa shape index (κ1) is 9.89. The molecular formula is C8H16N2OS. The molecule has 0 amide bonds. The van der Waals surface area contributed by atoms with Crippen molar-refractivity contribution in [2.75, 3.05) is 27.7 Å². The van der Waals surface area contributed by atoms with Crippen molar-refractivity contribution in [1.29, 1.82) is 0 Å². The molecule has 0 aromatic carbocycles. The zero-order chi connectivity index (χ0) is 9.30. The summed E-state index contributed by atoms with van der Waals surface area (Å²) in [5.41, 5.74) is 0. The Kier molecular flexibility index (Phi) is 3.04. The maximum Gasteiger partial charge on any atom is 0.0949 e. The molecule has 3 nitrogen and oxygen atoms in total. The molecule has 0 radical (unpaired) electrons. The van der Waals surface area contributed by atoms with Gasteiger partial charge in [0.05, 0.1) is 17.1 Å². The number of aliphatic hydroxyl groups is 1. The molecule has 1 N–H and O–H groups in total. The van der Waals surface area contributed by atoms with Gasteiger partial charge in [0.1, 0.15) is 0 Å². The zero-order valence-corrected chi connectivity index (χ0v) is 8.64. The lowest BCUT2D eigenvalue weighted by molar-refractivity contribution is 0.182. The summed E-state index contributed by atoms with van der Waals surface area (Å²) >= 11 is 5.24. The fourth-order valence-electron chi connectivity index (χ4n) is 1.56. The van der Waals surface area contributed by atoms with Crippen LogP contribution in [0.15, 0.2) is 0 Å². The van der Waals surface area contributed by atoms with Crippen LogP contribution in [0.4, 0.5) is 0 Å². The van der Waals surface area contributed by atoms with Gasteiger partial charge in [-0.2, -0.15) is 0 Å². The lowest BCUT2D eigenvalue weighted by Gasteiger charge is -2.24. The summed E-state index contributed by atoms with van der Waals surface area (Å²) in [5.74, 6) is 0. The Bertz CT molecular complexity index is 184. The summed E-state index contributed by atoms with van der Waals surface area (Å²) < 4.78 is 0. The minimum atomic E-state index is -0.210. The number of nitrogens with zero attached hydrogens (tertiary/aromatic N) is 2. The molecule has 0 aromatic rings. The Balaban J connectivity index is 2.58. The molecule has 1 heterocycles. The van der Waals surface area contributed by atoms with Crippen molar-refractivity contribution in [3.05, 3.63) is 0 Å². The van der Waals surface area contributed by atoms with E-state index in [1.54, 1.807) is 0 Å². The summed E-state index contributed by atoms with van der Waals surface area (Å²) in [7, 11) is 5.89. The predicted molar refractivity (Wildman–Crippen MR) is 53.3 cm³/mol. The minimum absolute atomic E-state index is 0.210. The molecule has 1 aliphatic heterocycles. The third-order valence-corrected chi connectivity index (χ3v) is 2.89. The highest BCUT2D eigenvalue weighted by molar-refractivity contribution is 7.80. The van der Waals surface area contributed by atoms with Gasteiger partial charge in [-0.15, -0.1) is 0 Å². The minimum Gasteiger partial charge on any atom is -0.392 e. The molecule has 12 heavy (non-hydrogen) atoms. The number of rotatable bonds is 1. The van der Waals surface area contributed by atoms with Crippen LogP contribution in [0.25, 0.3) is 0 Å². The number of β-amino-alcohol motifs (C(OH)–C–C–N with tert-alkyl or cyclic N) is 1. The van der Waals surface area contributed by atoms with E-state index in [0.717, 1.165) is 18.0 Å².